The molecule has 4 aromatic rings. The van der Waals surface area contributed by atoms with Crippen LogP contribution in [0.5, 0.6) is 0 Å². The summed E-state index contributed by atoms with van der Waals surface area (Å²) in [5.74, 6) is -2.79. The molecule has 0 fully saturated rings. The van der Waals surface area contributed by atoms with Gasteiger partial charge >= 0.3 is 11.5 Å². The first-order valence-corrected chi connectivity index (χ1v) is 10.6. The third-order valence-electron chi connectivity index (χ3n) is 4.99. The van der Waals surface area contributed by atoms with Crippen LogP contribution >= 0.6 is 11.3 Å². The second-order valence-electron chi connectivity index (χ2n) is 7.20. The lowest BCUT2D eigenvalue weighted by Gasteiger charge is -2.09. The Hall–Kier alpha value is -4.80. The van der Waals surface area contributed by atoms with Gasteiger partial charge in [0.25, 0.3) is 12.3 Å². The fourth-order valence-electron chi connectivity index (χ4n) is 3.47. The highest BCUT2D eigenvalue weighted by atomic mass is 32.1. The first kappa shape index (κ1) is 24.3. The SMILES string of the molecule is Cc1c([N+](=O)[O-])c([N+](=O)[O-])nn1CC(=O)Nc1c(C(N)=O)sc2nc(C(F)F)cc(-c3ccco3)c12. The van der Waals surface area contributed by atoms with Crippen LogP contribution in [0.15, 0.2) is 28.9 Å². The summed E-state index contributed by atoms with van der Waals surface area (Å²) < 4.78 is 33.0. The van der Waals surface area contributed by atoms with Crippen molar-refractivity contribution in [3.05, 3.63) is 61.0 Å². The van der Waals surface area contributed by atoms with Crippen molar-refractivity contribution in [2.45, 2.75) is 19.9 Å². The molecular weight excluding hydrogens is 508 g/mol. The maximum atomic E-state index is 13.5. The van der Waals surface area contributed by atoms with E-state index in [0.29, 0.717) is 11.3 Å². The fraction of sp³-hybridized carbons (Fsp3) is 0.158. The Morgan fingerprint density at radius 3 is 2.56 bits per heavy atom. The van der Waals surface area contributed by atoms with E-state index in [9.17, 15) is 38.6 Å². The minimum atomic E-state index is -2.95. The van der Waals surface area contributed by atoms with Gasteiger partial charge in [-0.3, -0.25) is 19.7 Å². The fourth-order valence-corrected chi connectivity index (χ4v) is 4.49. The monoisotopic (exact) mass is 521 g/mol. The number of rotatable bonds is 8. The predicted molar refractivity (Wildman–Crippen MR) is 120 cm³/mol. The number of fused-ring (bicyclic) bond motifs is 1. The number of furan rings is 1. The number of nitro groups is 2. The molecule has 2 amide bonds. The minimum absolute atomic E-state index is 0.0372. The van der Waals surface area contributed by atoms with Crippen molar-refractivity contribution in [3.8, 4) is 11.3 Å². The molecular formula is C19H13F2N7O7S. The van der Waals surface area contributed by atoms with Crippen molar-refractivity contribution >= 4 is 50.6 Å². The van der Waals surface area contributed by atoms with Gasteiger partial charge in [-0.15, -0.1) is 11.3 Å². The molecule has 0 spiro atoms. The molecule has 0 radical (unpaired) electrons. The summed E-state index contributed by atoms with van der Waals surface area (Å²) in [6.45, 7) is 0.458. The van der Waals surface area contributed by atoms with Crippen LogP contribution in [0.1, 0.15) is 27.5 Å². The number of thiophene rings is 1. The van der Waals surface area contributed by atoms with E-state index in [2.05, 4.69) is 15.4 Å². The number of nitrogens with two attached hydrogens (primary N) is 1. The maximum absolute atomic E-state index is 13.5. The second kappa shape index (κ2) is 9.10. The quantitative estimate of drug-likeness (QED) is 0.257. The molecule has 0 aromatic carbocycles. The Morgan fingerprint density at radius 2 is 2.03 bits per heavy atom. The molecule has 186 valence electrons. The molecule has 0 bridgehead atoms. The molecule has 4 aromatic heterocycles. The molecule has 0 aliphatic carbocycles. The molecule has 36 heavy (non-hydrogen) atoms. The lowest BCUT2D eigenvalue weighted by molar-refractivity contribution is -0.424. The lowest BCUT2D eigenvalue weighted by atomic mass is 10.1. The van der Waals surface area contributed by atoms with Gasteiger partial charge in [-0.2, -0.15) is 4.68 Å². The molecule has 0 saturated carbocycles. The van der Waals surface area contributed by atoms with Crippen molar-refractivity contribution in [2.24, 2.45) is 5.73 Å². The Morgan fingerprint density at radius 1 is 1.31 bits per heavy atom. The van der Waals surface area contributed by atoms with E-state index in [1.165, 1.54) is 25.3 Å². The first-order valence-electron chi connectivity index (χ1n) is 9.74. The number of pyridine rings is 1. The first-order chi connectivity index (χ1) is 17.0. The van der Waals surface area contributed by atoms with Gasteiger partial charge in [0.15, 0.2) is 0 Å². The van der Waals surface area contributed by atoms with Gasteiger partial charge in [0, 0.05) is 10.9 Å². The molecule has 0 unspecified atom stereocenters. The number of aromatic nitrogens is 3. The van der Waals surface area contributed by atoms with Gasteiger partial charge in [0.05, 0.1) is 22.0 Å². The summed E-state index contributed by atoms with van der Waals surface area (Å²) in [5, 5.41) is 28.4. The molecule has 0 atom stereocenters. The van der Waals surface area contributed by atoms with E-state index in [-0.39, 0.29) is 37.8 Å². The number of halogens is 2. The van der Waals surface area contributed by atoms with Crippen molar-refractivity contribution in [1.82, 2.24) is 14.8 Å². The number of alkyl halides is 2. The Kier molecular flexibility index (Phi) is 6.15. The van der Waals surface area contributed by atoms with E-state index in [1.807, 2.05) is 0 Å². The summed E-state index contributed by atoms with van der Waals surface area (Å²) in [5.41, 5.74) is 3.65. The van der Waals surface area contributed by atoms with Gasteiger partial charge in [-0.25, -0.2) is 13.8 Å². The number of carbonyl (C=O) groups excluding carboxylic acids is 2. The third kappa shape index (κ3) is 4.22. The second-order valence-corrected chi connectivity index (χ2v) is 8.20. The molecule has 3 N–H and O–H groups in total. The molecule has 17 heteroatoms. The van der Waals surface area contributed by atoms with Crippen LogP contribution in [-0.2, 0) is 11.3 Å². The Bertz CT molecular complexity index is 1550. The normalized spacial score (nSPS) is 11.2. The molecule has 4 rings (SSSR count). The standard InChI is InChI=1S/C19H13F2N7O7S/c1-7-14(27(31)32)18(28(33)34)25-26(7)6-11(29)24-13-12-8(10-3-2-4-35-10)5-9(16(20)21)23-19(12)36-15(13)17(22)30/h2-5,16H,6H2,1H3,(H2,22,30)(H,24,29). The highest BCUT2D eigenvalue weighted by Crippen LogP contribution is 2.42. The number of anilines is 1. The van der Waals surface area contributed by atoms with Gasteiger partial charge in [-0.05, 0) is 30.0 Å². The zero-order chi connectivity index (χ0) is 26.3. The van der Waals surface area contributed by atoms with Crippen molar-refractivity contribution < 1.29 is 32.6 Å². The van der Waals surface area contributed by atoms with Crippen LogP contribution in [0.25, 0.3) is 21.5 Å². The lowest BCUT2D eigenvalue weighted by Crippen LogP contribution is -2.22. The number of primary amides is 1. The topological polar surface area (TPSA) is 202 Å². The van der Waals surface area contributed by atoms with Gasteiger partial charge in [0.2, 0.25) is 5.91 Å². The van der Waals surface area contributed by atoms with Crippen LogP contribution in [0, 0.1) is 27.2 Å². The number of amides is 2. The van der Waals surface area contributed by atoms with E-state index in [4.69, 9.17) is 10.2 Å². The molecule has 4 heterocycles. The zero-order valence-electron chi connectivity index (χ0n) is 17.9. The molecule has 0 aliphatic rings. The smallest absolute Gasteiger partial charge is 0.464 e. The van der Waals surface area contributed by atoms with Crippen molar-refractivity contribution in [2.75, 3.05) is 5.32 Å². The number of nitrogens with zero attached hydrogens (tertiary/aromatic N) is 5. The molecule has 0 saturated heterocycles. The summed E-state index contributed by atoms with van der Waals surface area (Å²) in [6, 6.07) is 4.02. The van der Waals surface area contributed by atoms with Crippen LogP contribution in [-0.4, -0.2) is 36.4 Å². The van der Waals surface area contributed by atoms with Gasteiger partial charge < -0.3 is 25.6 Å². The minimum Gasteiger partial charge on any atom is -0.464 e. The average molecular weight is 521 g/mol. The maximum Gasteiger partial charge on any atom is 0.468 e. The van der Waals surface area contributed by atoms with Gasteiger partial charge in [-0.1, -0.05) is 0 Å². The number of carbonyl (C=O) groups is 2. The van der Waals surface area contributed by atoms with Crippen LogP contribution in [0.3, 0.4) is 0 Å². The zero-order valence-corrected chi connectivity index (χ0v) is 18.7. The van der Waals surface area contributed by atoms with Crippen LogP contribution in [0.4, 0.5) is 26.0 Å². The summed E-state index contributed by atoms with van der Waals surface area (Å²) in [7, 11) is 0. The van der Waals surface area contributed by atoms with Crippen molar-refractivity contribution in [1.29, 1.82) is 0 Å². The molecule has 14 nitrogen and oxygen atoms in total. The number of hydrogen-bond acceptors (Lipinski definition) is 10. The average Bonchev–Trinajstić information content (AvgIpc) is 3.52. The largest absolute Gasteiger partial charge is 0.468 e. The van der Waals surface area contributed by atoms with E-state index in [0.717, 1.165) is 10.7 Å². The highest BCUT2D eigenvalue weighted by Gasteiger charge is 2.36. The van der Waals surface area contributed by atoms with E-state index >= 15 is 0 Å². The third-order valence-corrected chi connectivity index (χ3v) is 6.08. The van der Waals surface area contributed by atoms with Crippen LogP contribution < -0.4 is 11.1 Å². The molecule has 0 aliphatic heterocycles. The highest BCUT2D eigenvalue weighted by molar-refractivity contribution is 7.21. The Labute approximate surface area is 201 Å². The number of nitrogens with one attached hydrogen (secondary N) is 1. The summed E-state index contributed by atoms with van der Waals surface area (Å²) in [4.78, 5) is 48.9. The summed E-state index contributed by atoms with van der Waals surface area (Å²) in [6.07, 6.45) is -1.65. The van der Waals surface area contributed by atoms with Crippen LogP contribution in [0.2, 0.25) is 0 Å². The Balaban J connectivity index is 1.81. The van der Waals surface area contributed by atoms with Gasteiger partial charge in [0.1, 0.15) is 33.4 Å². The number of hydrogen-bond donors (Lipinski definition) is 2. The van der Waals surface area contributed by atoms with E-state index < -0.39 is 51.8 Å². The van der Waals surface area contributed by atoms with Crippen molar-refractivity contribution in [3.63, 3.8) is 0 Å². The summed E-state index contributed by atoms with van der Waals surface area (Å²) >= 11 is 0.664. The predicted octanol–water partition coefficient (Wildman–Crippen LogP) is 3.55. The van der Waals surface area contributed by atoms with E-state index in [1.54, 1.807) is 0 Å².